The van der Waals surface area contributed by atoms with E-state index in [1.165, 1.54) is 141 Å². The monoisotopic (exact) mass is 919 g/mol. The third kappa shape index (κ3) is 35.4. The van der Waals surface area contributed by atoms with Gasteiger partial charge in [0, 0.05) is 13.0 Å². The van der Waals surface area contributed by atoms with Crippen LogP contribution in [0.15, 0.2) is 24.3 Å². The first-order valence-electron chi connectivity index (χ1n) is 25.6. The largest absolute Gasteiger partial charge is 0.457 e. The number of esters is 1. The number of allylic oxidation sites excluding steroid dienone is 4. The fraction of sp³-hybridized carbons (Fsp3) is 0.900. The van der Waals surface area contributed by atoms with Crippen LogP contribution in [0, 0.1) is 0 Å². The maximum atomic E-state index is 12.8. The molecule has 0 radical (unpaired) electrons. The Labute approximate surface area is 384 Å². The van der Waals surface area contributed by atoms with E-state index in [1.807, 2.05) is 0 Å². The molecule has 1 fully saturated rings. The third-order valence-corrected chi connectivity index (χ3v) is 12.3. The maximum absolute atomic E-state index is 12.8. The Morgan fingerprint density at radius 3 is 1.46 bits per heavy atom. The molecule has 0 saturated carbocycles. The Bertz CT molecular complexity index is 1200. The molecule has 1 rings (SSSR count). The van der Waals surface area contributed by atoms with Crippen molar-refractivity contribution in [3.63, 3.8) is 0 Å². The van der Waals surface area contributed by atoms with E-state index in [-0.39, 0.29) is 19.6 Å². The zero-order chi connectivity index (χ0) is 46.1. The first kappa shape index (κ1) is 59.6. The van der Waals surface area contributed by atoms with Crippen LogP contribution in [0.25, 0.3) is 0 Å². The van der Waals surface area contributed by atoms with E-state index in [0.717, 1.165) is 57.8 Å². The van der Waals surface area contributed by atoms with Gasteiger partial charge in [-0.25, -0.2) is 4.18 Å². The molecular formula is C50H94O12S. The normalized spacial score (nSPS) is 20.0. The highest BCUT2D eigenvalue weighted by Gasteiger charge is 2.48. The first-order chi connectivity index (χ1) is 30.6. The van der Waals surface area contributed by atoms with Gasteiger partial charge in [-0.1, -0.05) is 179 Å². The molecular weight excluding hydrogens is 825 g/mol. The summed E-state index contributed by atoms with van der Waals surface area (Å²) in [6.07, 6.45) is 39.4. The Morgan fingerprint density at radius 2 is 1.00 bits per heavy atom. The minimum absolute atomic E-state index is 0.0353. The molecule has 1 aliphatic rings. The zero-order valence-corrected chi connectivity index (χ0v) is 40.7. The van der Waals surface area contributed by atoms with Crippen LogP contribution in [0.1, 0.15) is 226 Å². The molecule has 372 valence electrons. The lowest BCUT2D eigenvalue weighted by molar-refractivity contribution is -0.301. The summed E-state index contributed by atoms with van der Waals surface area (Å²) in [6, 6.07) is 0. The Morgan fingerprint density at radius 1 is 0.587 bits per heavy atom. The van der Waals surface area contributed by atoms with Crippen molar-refractivity contribution in [2.75, 3.05) is 26.4 Å². The Balaban J connectivity index is 2.30. The van der Waals surface area contributed by atoms with Crippen LogP contribution in [0.5, 0.6) is 0 Å². The number of hydrogen-bond acceptors (Lipinski definition) is 11. The molecule has 1 heterocycles. The standard InChI is InChI=1S/C50H94O12S/c1-3-5-7-9-11-13-15-17-18-19-20-21-22-23-24-25-26-27-28-30-32-34-36-38-40-58-42-44(60-46(52)39-37-35-33-31-29-16-14-12-10-8-6-4-2)43-59-50-48(54)49(62-63(55,56)57)47(53)45(41-51)61-50/h12,14,19-20,44-45,47-51,53-54H,3-11,13,15-18,21-43H2,1-2H3,(H,55,56,57)/b14-12-,20-19-. The van der Waals surface area contributed by atoms with Crippen LogP contribution in [0.3, 0.4) is 0 Å². The second-order valence-corrected chi connectivity index (χ2v) is 18.8. The van der Waals surface area contributed by atoms with Crippen molar-refractivity contribution in [3.8, 4) is 0 Å². The fourth-order valence-electron chi connectivity index (χ4n) is 7.90. The van der Waals surface area contributed by atoms with Crippen molar-refractivity contribution >= 4 is 16.4 Å². The minimum atomic E-state index is -5.06. The second kappa shape index (κ2) is 42.0. The van der Waals surface area contributed by atoms with Crippen molar-refractivity contribution in [1.82, 2.24) is 0 Å². The molecule has 13 heteroatoms. The number of aliphatic hydroxyl groups excluding tert-OH is 3. The second-order valence-electron chi connectivity index (χ2n) is 17.8. The highest BCUT2D eigenvalue weighted by atomic mass is 32.3. The molecule has 12 nitrogen and oxygen atoms in total. The predicted molar refractivity (Wildman–Crippen MR) is 253 cm³/mol. The van der Waals surface area contributed by atoms with Gasteiger partial charge in [-0.3, -0.25) is 9.35 Å². The average molecular weight is 919 g/mol. The van der Waals surface area contributed by atoms with Gasteiger partial charge in [0.2, 0.25) is 0 Å². The number of hydrogen-bond donors (Lipinski definition) is 4. The maximum Gasteiger partial charge on any atom is 0.397 e. The van der Waals surface area contributed by atoms with Gasteiger partial charge < -0.3 is 34.3 Å². The van der Waals surface area contributed by atoms with Crippen LogP contribution < -0.4 is 0 Å². The quantitative estimate of drug-likeness (QED) is 0.0197. The van der Waals surface area contributed by atoms with Gasteiger partial charge in [0.15, 0.2) is 6.29 Å². The summed E-state index contributed by atoms with van der Waals surface area (Å²) in [5.74, 6) is -0.407. The highest BCUT2D eigenvalue weighted by molar-refractivity contribution is 7.80. The number of carbonyl (C=O) groups is 1. The summed E-state index contributed by atoms with van der Waals surface area (Å²) in [5.41, 5.74) is 0. The van der Waals surface area contributed by atoms with E-state index in [4.69, 9.17) is 18.9 Å². The SMILES string of the molecule is CCCCC/C=C\CCCCCCCC(=O)OC(COCCCCCCCCCCCCCC/C=C\CCCCCCCCCC)COC1OC(CO)C(O)C(OS(=O)(=O)O)C1O. The summed E-state index contributed by atoms with van der Waals surface area (Å²) in [6.45, 7) is 3.98. The van der Waals surface area contributed by atoms with Crippen LogP contribution >= 0.6 is 0 Å². The van der Waals surface area contributed by atoms with Crippen molar-refractivity contribution in [3.05, 3.63) is 24.3 Å². The Hall–Kier alpha value is -1.42. The van der Waals surface area contributed by atoms with Crippen LogP contribution in [0.4, 0.5) is 0 Å². The van der Waals surface area contributed by atoms with E-state index in [2.05, 4.69) is 42.3 Å². The first-order valence-corrected chi connectivity index (χ1v) is 27.0. The van der Waals surface area contributed by atoms with Crippen LogP contribution in [-0.4, -0.2) is 97.5 Å². The number of unbranched alkanes of at least 4 members (excludes halogenated alkanes) is 28. The van der Waals surface area contributed by atoms with Gasteiger partial charge in [0.05, 0.1) is 19.8 Å². The molecule has 63 heavy (non-hydrogen) atoms. The van der Waals surface area contributed by atoms with E-state index in [0.29, 0.717) is 13.0 Å². The van der Waals surface area contributed by atoms with Crippen molar-refractivity contribution in [1.29, 1.82) is 0 Å². The molecule has 0 aromatic heterocycles. The number of aliphatic hydroxyl groups is 3. The van der Waals surface area contributed by atoms with Crippen molar-refractivity contribution in [2.24, 2.45) is 0 Å². The lowest BCUT2D eigenvalue weighted by Gasteiger charge is -2.41. The third-order valence-electron chi connectivity index (χ3n) is 11.8. The molecule has 0 aromatic carbocycles. The molecule has 0 aliphatic carbocycles. The summed E-state index contributed by atoms with van der Waals surface area (Å²) < 4.78 is 59.1. The molecule has 0 aromatic rings. The van der Waals surface area contributed by atoms with Crippen LogP contribution in [-0.2, 0) is 38.3 Å². The summed E-state index contributed by atoms with van der Waals surface area (Å²) in [5, 5.41) is 30.7. The smallest absolute Gasteiger partial charge is 0.397 e. The Kier molecular flexibility index (Phi) is 39.7. The van der Waals surface area contributed by atoms with Gasteiger partial charge >= 0.3 is 16.4 Å². The molecule has 1 aliphatic heterocycles. The minimum Gasteiger partial charge on any atom is -0.457 e. The molecule has 0 bridgehead atoms. The lowest BCUT2D eigenvalue weighted by atomic mass is 9.99. The average Bonchev–Trinajstić information content (AvgIpc) is 3.26. The number of rotatable bonds is 45. The van der Waals surface area contributed by atoms with Crippen molar-refractivity contribution in [2.45, 2.75) is 263 Å². The summed E-state index contributed by atoms with van der Waals surface area (Å²) in [4.78, 5) is 12.8. The molecule has 1 saturated heterocycles. The fourth-order valence-corrected chi connectivity index (χ4v) is 8.41. The molecule has 4 N–H and O–H groups in total. The zero-order valence-electron chi connectivity index (χ0n) is 39.9. The number of carbonyl (C=O) groups excluding carboxylic acids is 1. The van der Waals surface area contributed by atoms with Gasteiger partial charge in [-0.05, 0) is 64.2 Å². The van der Waals surface area contributed by atoms with E-state index >= 15 is 0 Å². The van der Waals surface area contributed by atoms with Gasteiger partial charge in [-0.2, -0.15) is 8.42 Å². The highest BCUT2D eigenvalue weighted by Crippen LogP contribution is 2.26. The van der Waals surface area contributed by atoms with E-state index in [9.17, 15) is 33.1 Å². The predicted octanol–water partition coefficient (Wildman–Crippen LogP) is 11.6. The summed E-state index contributed by atoms with van der Waals surface area (Å²) in [7, 11) is -5.06. The number of ether oxygens (including phenoxy) is 4. The molecule has 6 atom stereocenters. The molecule has 0 amide bonds. The molecule has 0 spiro atoms. The van der Waals surface area contributed by atoms with Gasteiger partial charge in [0.25, 0.3) is 0 Å². The van der Waals surface area contributed by atoms with Gasteiger partial charge in [0.1, 0.15) is 30.5 Å². The lowest BCUT2D eigenvalue weighted by Crippen LogP contribution is -2.60. The van der Waals surface area contributed by atoms with Gasteiger partial charge in [-0.15, -0.1) is 0 Å². The van der Waals surface area contributed by atoms with E-state index in [1.54, 1.807) is 0 Å². The topological polar surface area (TPSA) is 178 Å². The summed E-state index contributed by atoms with van der Waals surface area (Å²) >= 11 is 0. The molecule has 6 unspecified atom stereocenters. The van der Waals surface area contributed by atoms with Crippen molar-refractivity contribution < 1.29 is 56.2 Å². The van der Waals surface area contributed by atoms with Crippen LogP contribution in [0.2, 0.25) is 0 Å². The van der Waals surface area contributed by atoms with E-state index < -0.39 is 59.8 Å².